The molecule has 0 saturated heterocycles. The number of allylic oxidation sites excluding steroid dienone is 2. The van der Waals surface area contributed by atoms with Crippen molar-refractivity contribution in [3.05, 3.63) is 58.5 Å². The van der Waals surface area contributed by atoms with Gasteiger partial charge in [-0.3, -0.25) is 0 Å². The second-order valence-electron chi connectivity index (χ2n) is 5.63. The summed E-state index contributed by atoms with van der Waals surface area (Å²) < 4.78 is 19.3. The number of aromatic nitrogens is 1. The van der Waals surface area contributed by atoms with Crippen molar-refractivity contribution in [2.45, 2.75) is 32.8 Å². The van der Waals surface area contributed by atoms with Crippen molar-refractivity contribution in [2.75, 3.05) is 5.73 Å². The van der Waals surface area contributed by atoms with E-state index < -0.39 is 6.10 Å². The summed E-state index contributed by atoms with van der Waals surface area (Å²) in [6, 6.07) is 5.86. The standard InChI is InChI=1S/C19H21ClFN3O/c1-3-4-5-13(10-22)14-8-18(19(23)24-11-14)25-12(2)16-9-15(21)6-7-17(16)20/h5-12,22H,3-4H2,1-2H3,(H2,23,24)/b13-5+,22-10?. The molecule has 0 spiro atoms. The van der Waals surface area contributed by atoms with Crippen molar-refractivity contribution in [3.63, 3.8) is 0 Å². The maximum atomic E-state index is 13.5. The molecule has 0 aliphatic heterocycles. The fourth-order valence-corrected chi connectivity index (χ4v) is 2.62. The van der Waals surface area contributed by atoms with Gasteiger partial charge in [-0.15, -0.1) is 0 Å². The zero-order valence-corrected chi connectivity index (χ0v) is 15.0. The number of nitrogens with two attached hydrogens (primary N) is 1. The molecule has 0 aliphatic carbocycles. The lowest BCUT2D eigenvalue weighted by molar-refractivity contribution is 0.227. The predicted octanol–water partition coefficient (Wildman–Crippen LogP) is 5.43. The van der Waals surface area contributed by atoms with E-state index in [4.69, 9.17) is 27.5 Å². The molecule has 0 saturated carbocycles. The molecule has 1 atom stereocenters. The highest BCUT2D eigenvalue weighted by atomic mass is 35.5. The monoisotopic (exact) mass is 361 g/mol. The van der Waals surface area contributed by atoms with E-state index in [-0.39, 0.29) is 11.6 Å². The molecule has 0 aliphatic rings. The third kappa shape index (κ3) is 4.79. The minimum Gasteiger partial charge on any atom is -0.482 e. The molecule has 6 heteroatoms. The second kappa shape index (κ2) is 8.62. The molecular formula is C19H21ClFN3O. The van der Waals surface area contributed by atoms with Gasteiger partial charge in [-0.2, -0.15) is 0 Å². The molecule has 0 radical (unpaired) electrons. The highest BCUT2D eigenvalue weighted by molar-refractivity contribution is 6.31. The largest absolute Gasteiger partial charge is 0.482 e. The first kappa shape index (κ1) is 18.9. The van der Waals surface area contributed by atoms with Crippen LogP contribution in [0, 0.1) is 11.2 Å². The van der Waals surface area contributed by atoms with Crippen LogP contribution in [-0.2, 0) is 0 Å². The van der Waals surface area contributed by atoms with E-state index in [2.05, 4.69) is 11.9 Å². The summed E-state index contributed by atoms with van der Waals surface area (Å²) in [5.41, 5.74) is 7.92. The Kier molecular flexibility index (Phi) is 6.53. The number of ether oxygens (including phenoxy) is 1. The topological polar surface area (TPSA) is 72.0 Å². The van der Waals surface area contributed by atoms with E-state index in [0.29, 0.717) is 16.3 Å². The highest BCUT2D eigenvalue weighted by Crippen LogP contribution is 2.31. The summed E-state index contributed by atoms with van der Waals surface area (Å²) in [6.07, 6.45) is 6.19. The van der Waals surface area contributed by atoms with Crippen LogP contribution in [0.3, 0.4) is 0 Å². The van der Waals surface area contributed by atoms with E-state index in [1.165, 1.54) is 24.4 Å². The Hall–Kier alpha value is -2.40. The Morgan fingerprint density at radius 2 is 2.20 bits per heavy atom. The van der Waals surface area contributed by atoms with Gasteiger partial charge < -0.3 is 15.9 Å². The molecule has 0 fully saturated rings. The van der Waals surface area contributed by atoms with E-state index in [0.717, 1.165) is 24.0 Å². The summed E-state index contributed by atoms with van der Waals surface area (Å²) in [4.78, 5) is 4.14. The summed E-state index contributed by atoms with van der Waals surface area (Å²) in [7, 11) is 0. The van der Waals surface area contributed by atoms with Gasteiger partial charge in [0.1, 0.15) is 11.9 Å². The Balaban J connectivity index is 2.31. The fraction of sp³-hybridized carbons (Fsp3) is 0.263. The normalized spacial score (nSPS) is 12.7. The average molecular weight is 362 g/mol. The lowest BCUT2D eigenvalue weighted by Crippen LogP contribution is -2.07. The quantitative estimate of drug-likeness (QED) is 0.646. The van der Waals surface area contributed by atoms with Gasteiger partial charge in [0.25, 0.3) is 0 Å². The Morgan fingerprint density at radius 3 is 2.88 bits per heavy atom. The first-order chi connectivity index (χ1) is 12.0. The maximum absolute atomic E-state index is 13.5. The van der Waals surface area contributed by atoms with Crippen molar-refractivity contribution >= 4 is 29.2 Å². The Labute approximate surface area is 152 Å². The summed E-state index contributed by atoms with van der Waals surface area (Å²) in [6.45, 7) is 3.83. The number of nitrogen functional groups attached to an aromatic ring is 1. The van der Waals surface area contributed by atoms with Crippen LogP contribution in [0.2, 0.25) is 5.02 Å². The molecule has 1 unspecified atom stereocenters. The Morgan fingerprint density at radius 1 is 1.44 bits per heavy atom. The zero-order valence-electron chi connectivity index (χ0n) is 14.2. The molecule has 2 aromatic rings. The minimum absolute atomic E-state index is 0.225. The summed E-state index contributed by atoms with van der Waals surface area (Å²) in [5.74, 6) is 0.209. The summed E-state index contributed by atoms with van der Waals surface area (Å²) in [5, 5.41) is 7.99. The van der Waals surface area contributed by atoms with Crippen LogP contribution in [0.25, 0.3) is 5.57 Å². The predicted molar refractivity (Wildman–Crippen MR) is 101 cm³/mol. The number of anilines is 1. The first-order valence-electron chi connectivity index (χ1n) is 8.04. The molecule has 0 bridgehead atoms. The summed E-state index contributed by atoms with van der Waals surface area (Å²) >= 11 is 6.13. The molecule has 132 valence electrons. The molecule has 1 aromatic carbocycles. The third-order valence-corrected chi connectivity index (χ3v) is 4.07. The molecular weight excluding hydrogens is 341 g/mol. The number of nitrogens with one attached hydrogen (secondary N) is 1. The van der Waals surface area contributed by atoms with Gasteiger partial charge in [-0.25, -0.2) is 9.37 Å². The number of hydrogen-bond acceptors (Lipinski definition) is 4. The molecule has 0 amide bonds. The van der Waals surface area contributed by atoms with E-state index >= 15 is 0 Å². The number of halogens is 2. The number of pyridine rings is 1. The smallest absolute Gasteiger partial charge is 0.166 e. The molecule has 2 rings (SSSR count). The second-order valence-corrected chi connectivity index (χ2v) is 6.03. The molecule has 25 heavy (non-hydrogen) atoms. The number of rotatable bonds is 7. The van der Waals surface area contributed by atoms with Crippen LogP contribution in [-0.4, -0.2) is 11.2 Å². The van der Waals surface area contributed by atoms with E-state index in [9.17, 15) is 4.39 Å². The minimum atomic E-state index is -0.509. The number of nitrogens with zero attached hydrogens (tertiary/aromatic N) is 1. The van der Waals surface area contributed by atoms with E-state index in [1.807, 2.05) is 6.08 Å². The third-order valence-electron chi connectivity index (χ3n) is 3.72. The number of benzene rings is 1. The molecule has 3 N–H and O–H groups in total. The molecule has 1 heterocycles. The fourth-order valence-electron chi connectivity index (χ4n) is 2.35. The van der Waals surface area contributed by atoms with Gasteiger partial charge >= 0.3 is 0 Å². The zero-order chi connectivity index (χ0) is 18.4. The average Bonchev–Trinajstić information content (AvgIpc) is 2.60. The Bertz CT molecular complexity index is 792. The van der Waals surface area contributed by atoms with Crippen LogP contribution in [0.4, 0.5) is 10.2 Å². The van der Waals surface area contributed by atoms with Crippen molar-refractivity contribution in [3.8, 4) is 5.75 Å². The maximum Gasteiger partial charge on any atom is 0.166 e. The van der Waals surface area contributed by atoms with Crippen LogP contribution in [0.5, 0.6) is 5.75 Å². The van der Waals surface area contributed by atoms with Gasteiger partial charge in [-0.05, 0) is 43.2 Å². The van der Waals surface area contributed by atoms with Gasteiger partial charge in [0.15, 0.2) is 11.6 Å². The van der Waals surface area contributed by atoms with Gasteiger partial charge in [-0.1, -0.05) is 31.0 Å². The van der Waals surface area contributed by atoms with Crippen molar-refractivity contribution in [2.24, 2.45) is 0 Å². The molecule has 4 nitrogen and oxygen atoms in total. The molecule has 1 aromatic heterocycles. The van der Waals surface area contributed by atoms with Crippen LogP contribution in [0.1, 0.15) is 43.9 Å². The van der Waals surface area contributed by atoms with Crippen molar-refractivity contribution < 1.29 is 9.13 Å². The lowest BCUT2D eigenvalue weighted by Gasteiger charge is -2.18. The van der Waals surface area contributed by atoms with Gasteiger partial charge in [0, 0.05) is 28.6 Å². The highest BCUT2D eigenvalue weighted by Gasteiger charge is 2.15. The van der Waals surface area contributed by atoms with Crippen molar-refractivity contribution in [1.82, 2.24) is 4.98 Å². The SMILES string of the molecule is CCC/C=C(\C=N)c1cnc(N)c(OC(C)c2cc(F)ccc2Cl)c1. The van der Waals surface area contributed by atoms with E-state index in [1.54, 1.807) is 19.2 Å². The van der Waals surface area contributed by atoms with Crippen molar-refractivity contribution in [1.29, 1.82) is 5.41 Å². The first-order valence-corrected chi connectivity index (χ1v) is 8.42. The van der Waals surface area contributed by atoms with Gasteiger partial charge in [0.05, 0.1) is 0 Å². The lowest BCUT2D eigenvalue weighted by atomic mass is 10.1. The van der Waals surface area contributed by atoms with Crippen LogP contribution < -0.4 is 10.5 Å². The van der Waals surface area contributed by atoms with Gasteiger partial charge in [0.2, 0.25) is 0 Å². The van der Waals surface area contributed by atoms with Crippen LogP contribution >= 0.6 is 11.6 Å². The van der Waals surface area contributed by atoms with Crippen LogP contribution in [0.15, 0.2) is 36.5 Å². The number of unbranched alkanes of at least 4 members (excludes halogenated alkanes) is 1. The number of hydrogen-bond donors (Lipinski definition) is 2.